The van der Waals surface area contributed by atoms with Crippen LogP contribution in [-0.4, -0.2) is 19.1 Å². The molecule has 3 heteroatoms. The van der Waals surface area contributed by atoms with Gasteiger partial charge in [-0.05, 0) is 56.2 Å². The second-order valence-electron chi connectivity index (χ2n) is 5.29. The molecule has 0 aliphatic heterocycles. The van der Waals surface area contributed by atoms with Crippen molar-refractivity contribution in [2.24, 2.45) is 0 Å². The van der Waals surface area contributed by atoms with Crippen molar-refractivity contribution in [1.29, 1.82) is 0 Å². The average Bonchev–Trinajstić information content (AvgIpc) is 2.43. The molecule has 0 radical (unpaired) electrons. The van der Waals surface area contributed by atoms with E-state index in [4.69, 9.17) is 4.74 Å². The van der Waals surface area contributed by atoms with Gasteiger partial charge in [-0.3, -0.25) is 4.79 Å². The van der Waals surface area contributed by atoms with Crippen LogP contribution in [0.25, 0.3) is 0 Å². The first-order valence-corrected chi connectivity index (χ1v) is 7.10. The summed E-state index contributed by atoms with van der Waals surface area (Å²) < 4.78 is 5.66. The zero-order valence-corrected chi connectivity index (χ0v) is 12.8. The van der Waals surface area contributed by atoms with Gasteiger partial charge in [0.25, 0.3) is 5.91 Å². The maximum atomic E-state index is 11.9. The van der Waals surface area contributed by atoms with Crippen molar-refractivity contribution >= 4 is 5.91 Å². The zero-order chi connectivity index (χ0) is 15.2. The summed E-state index contributed by atoms with van der Waals surface area (Å²) in [7, 11) is 0. The van der Waals surface area contributed by atoms with Crippen molar-refractivity contribution in [2.75, 3.05) is 13.2 Å². The fourth-order valence-electron chi connectivity index (χ4n) is 2.16. The van der Waals surface area contributed by atoms with Crippen molar-refractivity contribution in [1.82, 2.24) is 5.32 Å². The van der Waals surface area contributed by atoms with E-state index in [1.165, 1.54) is 11.1 Å². The largest absolute Gasteiger partial charge is 0.492 e. The number of rotatable bonds is 5. The van der Waals surface area contributed by atoms with Gasteiger partial charge in [-0.1, -0.05) is 23.8 Å². The highest BCUT2D eigenvalue weighted by Gasteiger charge is 2.04. The van der Waals surface area contributed by atoms with Crippen molar-refractivity contribution in [2.45, 2.75) is 20.8 Å². The van der Waals surface area contributed by atoms with Gasteiger partial charge in [0.15, 0.2) is 0 Å². The lowest BCUT2D eigenvalue weighted by atomic mass is 10.1. The second-order valence-corrected chi connectivity index (χ2v) is 5.29. The van der Waals surface area contributed by atoms with Gasteiger partial charge in [-0.15, -0.1) is 0 Å². The Morgan fingerprint density at radius 2 is 1.57 bits per heavy atom. The fourth-order valence-corrected chi connectivity index (χ4v) is 2.16. The number of aryl methyl sites for hydroxylation is 3. The summed E-state index contributed by atoms with van der Waals surface area (Å²) in [4.78, 5) is 11.9. The molecule has 0 spiro atoms. The molecule has 0 saturated heterocycles. The van der Waals surface area contributed by atoms with Crippen LogP contribution >= 0.6 is 0 Å². The minimum absolute atomic E-state index is 0.0703. The minimum Gasteiger partial charge on any atom is -0.492 e. The van der Waals surface area contributed by atoms with Gasteiger partial charge in [0.1, 0.15) is 12.4 Å². The molecule has 0 atom stereocenters. The Balaban J connectivity index is 1.79. The van der Waals surface area contributed by atoms with Crippen LogP contribution in [0.4, 0.5) is 0 Å². The minimum atomic E-state index is -0.0703. The highest BCUT2D eigenvalue weighted by Crippen LogP contribution is 2.15. The average molecular weight is 283 g/mol. The summed E-state index contributed by atoms with van der Waals surface area (Å²) in [6.07, 6.45) is 0. The van der Waals surface area contributed by atoms with Gasteiger partial charge in [0.05, 0.1) is 6.54 Å². The third-order valence-electron chi connectivity index (χ3n) is 3.17. The van der Waals surface area contributed by atoms with E-state index in [-0.39, 0.29) is 5.91 Å². The number of ether oxygens (including phenoxy) is 1. The lowest BCUT2D eigenvalue weighted by molar-refractivity contribution is 0.0947. The zero-order valence-electron chi connectivity index (χ0n) is 12.8. The Labute approximate surface area is 126 Å². The van der Waals surface area contributed by atoms with Gasteiger partial charge in [0.2, 0.25) is 0 Å². The van der Waals surface area contributed by atoms with E-state index in [1.54, 1.807) is 0 Å². The maximum absolute atomic E-state index is 11.9. The molecule has 0 unspecified atom stereocenters. The van der Waals surface area contributed by atoms with Crippen LogP contribution in [0.5, 0.6) is 5.75 Å². The molecule has 2 rings (SSSR count). The van der Waals surface area contributed by atoms with Crippen LogP contribution in [-0.2, 0) is 0 Å². The summed E-state index contributed by atoms with van der Waals surface area (Å²) in [5, 5.41) is 2.85. The molecule has 0 saturated carbocycles. The van der Waals surface area contributed by atoms with Gasteiger partial charge in [-0.25, -0.2) is 0 Å². The van der Waals surface area contributed by atoms with E-state index >= 15 is 0 Å². The van der Waals surface area contributed by atoms with Gasteiger partial charge >= 0.3 is 0 Å². The first-order valence-electron chi connectivity index (χ1n) is 7.10. The van der Waals surface area contributed by atoms with Crippen molar-refractivity contribution < 1.29 is 9.53 Å². The molecule has 110 valence electrons. The third-order valence-corrected chi connectivity index (χ3v) is 3.17. The normalized spacial score (nSPS) is 10.2. The fraction of sp³-hybridized carbons (Fsp3) is 0.278. The Morgan fingerprint density at radius 3 is 2.19 bits per heavy atom. The van der Waals surface area contributed by atoms with Crippen LogP contribution in [0, 0.1) is 20.8 Å². The van der Waals surface area contributed by atoms with Crippen molar-refractivity contribution in [3.05, 3.63) is 64.7 Å². The molecule has 2 aromatic carbocycles. The number of carbonyl (C=O) groups excluding carboxylic acids is 1. The summed E-state index contributed by atoms with van der Waals surface area (Å²) in [5.41, 5.74) is 4.17. The van der Waals surface area contributed by atoms with E-state index in [1.807, 2.05) is 57.2 Å². The van der Waals surface area contributed by atoms with E-state index in [0.29, 0.717) is 18.7 Å². The lowest BCUT2D eigenvalue weighted by Gasteiger charge is -2.09. The van der Waals surface area contributed by atoms with E-state index in [2.05, 4.69) is 11.4 Å². The predicted octanol–water partition coefficient (Wildman–Crippen LogP) is 3.42. The maximum Gasteiger partial charge on any atom is 0.251 e. The van der Waals surface area contributed by atoms with Crippen LogP contribution in [0.15, 0.2) is 42.5 Å². The van der Waals surface area contributed by atoms with E-state index < -0.39 is 0 Å². The highest BCUT2D eigenvalue weighted by atomic mass is 16.5. The smallest absolute Gasteiger partial charge is 0.251 e. The summed E-state index contributed by atoms with van der Waals surface area (Å²) in [6, 6.07) is 13.6. The number of nitrogens with one attached hydrogen (secondary N) is 1. The molecular formula is C18H21NO2. The summed E-state index contributed by atoms with van der Waals surface area (Å²) >= 11 is 0. The van der Waals surface area contributed by atoms with Crippen LogP contribution in [0.3, 0.4) is 0 Å². The first-order chi connectivity index (χ1) is 10.0. The molecule has 1 N–H and O–H groups in total. The number of benzene rings is 2. The molecule has 0 heterocycles. The SMILES string of the molecule is Cc1ccc(C(=O)NCCOc2cc(C)cc(C)c2)cc1. The summed E-state index contributed by atoms with van der Waals surface area (Å²) in [6.45, 7) is 7.03. The molecule has 2 aromatic rings. The Morgan fingerprint density at radius 1 is 0.952 bits per heavy atom. The monoisotopic (exact) mass is 283 g/mol. The molecule has 21 heavy (non-hydrogen) atoms. The molecular weight excluding hydrogens is 262 g/mol. The Kier molecular flexibility index (Phi) is 4.99. The molecule has 0 fully saturated rings. The molecule has 1 amide bonds. The number of carbonyl (C=O) groups is 1. The highest BCUT2D eigenvalue weighted by molar-refractivity contribution is 5.94. The first kappa shape index (κ1) is 15.1. The van der Waals surface area contributed by atoms with Gasteiger partial charge in [-0.2, -0.15) is 0 Å². The van der Waals surface area contributed by atoms with Crippen molar-refractivity contribution in [3.63, 3.8) is 0 Å². The second kappa shape index (κ2) is 6.93. The van der Waals surface area contributed by atoms with E-state index in [9.17, 15) is 4.79 Å². The predicted molar refractivity (Wildman–Crippen MR) is 84.9 cm³/mol. The number of amides is 1. The number of hydrogen-bond donors (Lipinski definition) is 1. The summed E-state index contributed by atoms with van der Waals surface area (Å²) in [5.74, 6) is 0.774. The van der Waals surface area contributed by atoms with Gasteiger partial charge in [0, 0.05) is 5.56 Å². The topological polar surface area (TPSA) is 38.3 Å². The quantitative estimate of drug-likeness (QED) is 0.854. The van der Waals surface area contributed by atoms with Crippen LogP contribution in [0.1, 0.15) is 27.0 Å². The lowest BCUT2D eigenvalue weighted by Crippen LogP contribution is -2.28. The standard InChI is InChI=1S/C18H21NO2/c1-13-4-6-16(7-5-13)18(20)19-8-9-21-17-11-14(2)10-15(3)12-17/h4-7,10-12H,8-9H2,1-3H3,(H,19,20). The number of hydrogen-bond acceptors (Lipinski definition) is 2. The molecule has 0 aliphatic carbocycles. The van der Waals surface area contributed by atoms with E-state index in [0.717, 1.165) is 11.3 Å². The molecule has 0 aromatic heterocycles. The van der Waals surface area contributed by atoms with Crippen LogP contribution < -0.4 is 10.1 Å². The molecule has 3 nitrogen and oxygen atoms in total. The van der Waals surface area contributed by atoms with Gasteiger partial charge < -0.3 is 10.1 Å². The van der Waals surface area contributed by atoms with Crippen LogP contribution in [0.2, 0.25) is 0 Å². The molecule has 0 bridgehead atoms. The Bertz CT molecular complexity index is 597. The third kappa shape index (κ3) is 4.63. The van der Waals surface area contributed by atoms with Crippen molar-refractivity contribution in [3.8, 4) is 5.75 Å². The Hall–Kier alpha value is -2.29. The molecule has 0 aliphatic rings.